The summed E-state index contributed by atoms with van der Waals surface area (Å²) in [5, 5.41) is 7.69. The second-order valence-electron chi connectivity index (χ2n) is 5.82. The van der Waals surface area contributed by atoms with E-state index in [1.807, 2.05) is 0 Å². The van der Waals surface area contributed by atoms with Gasteiger partial charge in [-0.25, -0.2) is 9.80 Å². The van der Waals surface area contributed by atoms with Gasteiger partial charge < -0.3 is 19.2 Å². The molecule has 2 aromatic rings. The molecule has 1 aromatic carbocycles. The van der Waals surface area contributed by atoms with E-state index in [9.17, 15) is 14.4 Å². The average molecular weight is 438 g/mol. The third kappa shape index (κ3) is 4.54. The molecule has 0 saturated heterocycles. The fraction of sp³-hybridized carbons (Fsp3) is 0.222. The number of nitrogens with one attached hydrogen (secondary N) is 1. The van der Waals surface area contributed by atoms with Gasteiger partial charge in [0.15, 0.2) is 16.7 Å². The zero-order valence-corrected chi connectivity index (χ0v) is 17.2. The highest BCUT2D eigenvalue weighted by molar-refractivity contribution is 8.14. The number of carbonyl (C=O) groups excluding carboxylic acids is 3. The largest absolute Gasteiger partial charge is 0.493 e. The van der Waals surface area contributed by atoms with Crippen molar-refractivity contribution < 1.29 is 28.3 Å². The SMILES string of the molecule is COc1cc([C@H]2SC(NC(C)=O)=NN2C(C)=O)cc(Cl)c1OC(=O)c1ccco1. The predicted octanol–water partition coefficient (Wildman–Crippen LogP) is 3.16. The molecule has 1 atom stereocenters. The molecule has 1 aliphatic heterocycles. The quantitative estimate of drug-likeness (QED) is 0.577. The summed E-state index contributed by atoms with van der Waals surface area (Å²) in [5.41, 5.74) is 0.564. The van der Waals surface area contributed by atoms with E-state index in [1.54, 1.807) is 12.1 Å². The topological polar surface area (TPSA) is 110 Å². The van der Waals surface area contributed by atoms with E-state index in [0.717, 1.165) is 11.8 Å². The van der Waals surface area contributed by atoms with Gasteiger partial charge in [0.05, 0.1) is 18.4 Å². The van der Waals surface area contributed by atoms with Crippen LogP contribution in [0.4, 0.5) is 0 Å². The van der Waals surface area contributed by atoms with Crippen LogP contribution in [0.2, 0.25) is 5.02 Å². The molecule has 2 amide bonds. The Morgan fingerprint density at radius 2 is 2.07 bits per heavy atom. The summed E-state index contributed by atoms with van der Waals surface area (Å²) in [6, 6.07) is 6.13. The number of esters is 1. The van der Waals surface area contributed by atoms with Crippen molar-refractivity contribution in [2.24, 2.45) is 5.10 Å². The normalized spacial score (nSPS) is 15.7. The number of halogens is 1. The number of hydrogen-bond acceptors (Lipinski definition) is 8. The highest BCUT2D eigenvalue weighted by atomic mass is 35.5. The van der Waals surface area contributed by atoms with E-state index >= 15 is 0 Å². The lowest BCUT2D eigenvalue weighted by Gasteiger charge is -2.21. The molecule has 1 aromatic heterocycles. The number of hydrogen-bond donors (Lipinski definition) is 1. The van der Waals surface area contributed by atoms with Crippen molar-refractivity contribution in [3.05, 3.63) is 46.9 Å². The van der Waals surface area contributed by atoms with E-state index < -0.39 is 11.3 Å². The van der Waals surface area contributed by atoms with Crippen molar-refractivity contribution in [2.75, 3.05) is 7.11 Å². The lowest BCUT2D eigenvalue weighted by Crippen LogP contribution is -2.25. The van der Waals surface area contributed by atoms with Gasteiger partial charge in [0, 0.05) is 13.8 Å². The number of carbonyl (C=O) groups is 3. The first-order valence-electron chi connectivity index (χ1n) is 8.26. The molecule has 29 heavy (non-hydrogen) atoms. The van der Waals surface area contributed by atoms with Crippen molar-refractivity contribution in [1.29, 1.82) is 0 Å². The lowest BCUT2D eigenvalue weighted by molar-refractivity contribution is -0.129. The maximum atomic E-state index is 12.2. The molecule has 3 rings (SSSR count). The molecule has 9 nitrogen and oxygen atoms in total. The van der Waals surface area contributed by atoms with Crippen LogP contribution >= 0.6 is 23.4 Å². The van der Waals surface area contributed by atoms with Gasteiger partial charge in [-0.3, -0.25) is 9.59 Å². The molecule has 0 saturated carbocycles. The Hall–Kier alpha value is -2.98. The number of hydrazone groups is 1. The molecule has 1 aliphatic rings. The average Bonchev–Trinajstić information content (AvgIpc) is 3.32. The van der Waals surface area contributed by atoms with E-state index in [2.05, 4.69) is 10.4 Å². The number of amides is 2. The maximum absolute atomic E-state index is 12.2. The molecule has 0 unspecified atom stereocenters. The maximum Gasteiger partial charge on any atom is 0.379 e. The van der Waals surface area contributed by atoms with Crippen molar-refractivity contribution in [3.63, 3.8) is 0 Å². The van der Waals surface area contributed by atoms with Crippen LogP contribution in [0, 0.1) is 0 Å². The van der Waals surface area contributed by atoms with Crippen LogP contribution in [0.15, 0.2) is 40.0 Å². The highest BCUT2D eigenvalue weighted by Gasteiger charge is 2.33. The number of nitrogens with zero attached hydrogens (tertiary/aromatic N) is 2. The van der Waals surface area contributed by atoms with E-state index in [0.29, 0.717) is 5.56 Å². The summed E-state index contributed by atoms with van der Waals surface area (Å²) < 4.78 is 15.6. The lowest BCUT2D eigenvalue weighted by atomic mass is 10.2. The second kappa shape index (κ2) is 8.58. The number of amidine groups is 1. The van der Waals surface area contributed by atoms with Gasteiger partial charge in [-0.05, 0) is 29.8 Å². The molecule has 1 N–H and O–H groups in total. The number of furan rings is 1. The van der Waals surface area contributed by atoms with Gasteiger partial charge in [0.1, 0.15) is 5.37 Å². The fourth-order valence-electron chi connectivity index (χ4n) is 2.50. The first kappa shape index (κ1) is 20.7. The Morgan fingerprint density at radius 3 is 2.66 bits per heavy atom. The summed E-state index contributed by atoms with van der Waals surface area (Å²) in [7, 11) is 1.39. The molecule has 2 heterocycles. The molecule has 0 fully saturated rings. The Morgan fingerprint density at radius 1 is 1.31 bits per heavy atom. The van der Waals surface area contributed by atoms with Crippen molar-refractivity contribution >= 4 is 46.3 Å². The van der Waals surface area contributed by atoms with Crippen LogP contribution in [-0.4, -0.2) is 35.1 Å². The zero-order chi connectivity index (χ0) is 21.1. The summed E-state index contributed by atoms with van der Waals surface area (Å²) in [6.07, 6.45) is 1.35. The van der Waals surface area contributed by atoms with Gasteiger partial charge in [-0.1, -0.05) is 23.4 Å². The van der Waals surface area contributed by atoms with Gasteiger partial charge >= 0.3 is 5.97 Å². The van der Waals surface area contributed by atoms with Crippen LogP contribution in [0.3, 0.4) is 0 Å². The van der Waals surface area contributed by atoms with Crippen molar-refractivity contribution in [2.45, 2.75) is 19.2 Å². The summed E-state index contributed by atoms with van der Waals surface area (Å²) in [6.45, 7) is 2.70. The number of thioether (sulfide) groups is 1. The third-order valence-electron chi connectivity index (χ3n) is 3.70. The van der Waals surface area contributed by atoms with E-state index in [-0.39, 0.29) is 39.3 Å². The van der Waals surface area contributed by atoms with Crippen LogP contribution in [0.5, 0.6) is 11.5 Å². The van der Waals surface area contributed by atoms with Crippen LogP contribution in [0.25, 0.3) is 0 Å². The highest BCUT2D eigenvalue weighted by Crippen LogP contribution is 2.44. The summed E-state index contributed by atoms with van der Waals surface area (Å²) in [4.78, 5) is 35.5. The molecule has 0 bridgehead atoms. The van der Waals surface area contributed by atoms with Crippen LogP contribution in [-0.2, 0) is 9.59 Å². The van der Waals surface area contributed by atoms with Gasteiger partial charge in [-0.15, -0.1) is 5.10 Å². The molecule has 152 valence electrons. The first-order valence-corrected chi connectivity index (χ1v) is 9.51. The van der Waals surface area contributed by atoms with Crippen molar-refractivity contribution in [1.82, 2.24) is 10.3 Å². The van der Waals surface area contributed by atoms with Crippen LogP contribution in [0.1, 0.15) is 35.3 Å². The van der Waals surface area contributed by atoms with Crippen LogP contribution < -0.4 is 14.8 Å². The Bertz CT molecular complexity index is 992. The number of rotatable bonds is 4. The minimum atomic E-state index is -0.736. The van der Waals surface area contributed by atoms with Crippen molar-refractivity contribution in [3.8, 4) is 11.5 Å². The fourth-order valence-corrected chi connectivity index (χ4v) is 3.87. The standard InChI is InChI=1S/C18H16ClN3O6S/c1-9(23)20-18-21-22(10(2)24)16(29-18)11-7-12(19)15(14(8-11)26-3)28-17(25)13-5-4-6-27-13/h4-8,16H,1-3H3,(H,20,21,23)/t16-/m1/s1. The molecular formula is C18H16ClN3O6S. The summed E-state index contributed by atoms with van der Waals surface area (Å²) in [5.74, 6) is -1.17. The smallest absolute Gasteiger partial charge is 0.379 e. The third-order valence-corrected chi connectivity index (χ3v) is 5.09. The minimum Gasteiger partial charge on any atom is -0.493 e. The molecular weight excluding hydrogens is 422 g/mol. The first-order chi connectivity index (χ1) is 13.8. The molecule has 0 radical (unpaired) electrons. The number of benzene rings is 1. The summed E-state index contributed by atoms with van der Waals surface area (Å²) >= 11 is 7.50. The van der Waals surface area contributed by atoms with Gasteiger partial charge in [0.25, 0.3) is 0 Å². The number of methoxy groups -OCH3 is 1. The van der Waals surface area contributed by atoms with E-state index in [1.165, 1.54) is 44.4 Å². The minimum absolute atomic E-state index is 0.00893. The predicted molar refractivity (Wildman–Crippen MR) is 106 cm³/mol. The molecule has 11 heteroatoms. The Labute approximate surface area is 175 Å². The van der Waals surface area contributed by atoms with Gasteiger partial charge in [-0.2, -0.15) is 0 Å². The zero-order valence-electron chi connectivity index (χ0n) is 15.6. The van der Waals surface area contributed by atoms with Gasteiger partial charge in [0.2, 0.25) is 17.6 Å². The molecule has 0 aliphatic carbocycles. The Balaban J connectivity index is 1.91. The molecule has 0 spiro atoms. The number of ether oxygens (including phenoxy) is 2. The Kier molecular flexibility index (Phi) is 6.14. The second-order valence-corrected chi connectivity index (χ2v) is 7.30. The van der Waals surface area contributed by atoms with E-state index in [4.69, 9.17) is 25.5 Å². The monoisotopic (exact) mass is 437 g/mol.